The Balaban J connectivity index is 1.64. The third kappa shape index (κ3) is 5.79. The summed E-state index contributed by atoms with van der Waals surface area (Å²) < 4.78 is 45.2. The molecule has 1 unspecified atom stereocenters. The smallest absolute Gasteiger partial charge is 0.408 e. The van der Waals surface area contributed by atoms with Crippen molar-refractivity contribution in [3.8, 4) is 0 Å². The van der Waals surface area contributed by atoms with E-state index in [4.69, 9.17) is 4.74 Å². The van der Waals surface area contributed by atoms with Crippen molar-refractivity contribution in [2.24, 2.45) is 0 Å². The lowest BCUT2D eigenvalue weighted by Crippen LogP contribution is -2.50. The van der Waals surface area contributed by atoms with Crippen LogP contribution in [0.15, 0.2) is 36.4 Å². The van der Waals surface area contributed by atoms with E-state index in [-0.39, 0.29) is 12.2 Å². The van der Waals surface area contributed by atoms with Crippen LogP contribution in [0.3, 0.4) is 0 Å². The van der Waals surface area contributed by atoms with Crippen molar-refractivity contribution in [2.75, 3.05) is 11.9 Å². The van der Waals surface area contributed by atoms with Gasteiger partial charge in [-0.05, 0) is 38.0 Å². The van der Waals surface area contributed by atoms with Crippen LogP contribution in [0.25, 0.3) is 0 Å². The molecule has 1 heterocycles. The van der Waals surface area contributed by atoms with Gasteiger partial charge in [0, 0.05) is 36.8 Å². The summed E-state index contributed by atoms with van der Waals surface area (Å²) in [5.41, 5.74) is 0.773. The summed E-state index contributed by atoms with van der Waals surface area (Å²) in [6, 6.07) is 6.96. The number of hydrogen-bond acceptors (Lipinski definition) is 5. The average Bonchev–Trinajstić information content (AvgIpc) is 2.91. The maximum atomic E-state index is 13.7. The number of nitrogens with zero attached hydrogens (tertiary/aromatic N) is 1. The van der Waals surface area contributed by atoms with E-state index >= 15 is 0 Å². The Morgan fingerprint density at radius 1 is 1.17 bits per heavy atom. The predicted octanol–water partition coefficient (Wildman–Crippen LogP) is 2.94. The van der Waals surface area contributed by atoms with Crippen LogP contribution in [0.2, 0.25) is 0 Å². The Morgan fingerprint density at radius 2 is 1.86 bits per heavy atom. The van der Waals surface area contributed by atoms with Gasteiger partial charge in [-0.3, -0.25) is 14.4 Å². The molecule has 0 aliphatic carbocycles. The van der Waals surface area contributed by atoms with Gasteiger partial charge in [-0.2, -0.15) is 0 Å². The molecule has 2 N–H and O–H groups in total. The summed E-state index contributed by atoms with van der Waals surface area (Å²) in [6.45, 7) is 2.07. The van der Waals surface area contributed by atoms with Crippen molar-refractivity contribution in [3.63, 3.8) is 0 Å². The molecule has 1 aliphatic rings. The lowest BCUT2D eigenvalue weighted by atomic mass is 9.89. The highest BCUT2D eigenvalue weighted by Gasteiger charge is 2.36. The van der Waals surface area contributed by atoms with E-state index < -0.39 is 65.5 Å². The number of amides is 3. The second-order valence-electron chi connectivity index (χ2n) is 8.18. The molecular weight excluding hydrogens is 467 g/mol. The first-order chi connectivity index (χ1) is 16.5. The molecule has 0 radical (unpaired) electrons. The SMILES string of the molecule is CC(=O)C1C[C@H](NC(=O)[C@H](C)OC(=O)NCc2cc(F)cc(F)c2F)C(=O)N(C)c2ccccc21. The molecule has 2 aromatic carbocycles. The zero-order valence-corrected chi connectivity index (χ0v) is 19.2. The minimum atomic E-state index is -1.41. The molecule has 0 spiro atoms. The van der Waals surface area contributed by atoms with Gasteiger partial charge >= 0.3 is 6.09 Å². The van der Waals surface area contributed by atoms with Crippen molar-refractivity contribution >= 4 is 29.4 Å². The first-order valence-electron chi connectivity index (χ1n) is 10.7. The molecule has 3 amide bonds. The van der Waals surface area contributed by atoms with Crippen molar-refractivity contribution in [1.82, 2.24) is 10.6 Å². The number of benzene rings is 2. The number of anilines is 1. The number of rotatable bonds is 6. The molecule has 3 rings (SSSR count). The molecule has 11 heteroatoms. The quantitative estimate of drug-likeness (QED) is 0.605. The highest BCUT2D eigenvalue weighted by atomic mass is 19.2. The van der Waals surface area contributed by atoms with E-state index in [0.29, 0.717) is 23.4 Å². The molecule has 3 atom stereocenters. The maximum absolute atomic E-state index is 13.7. The van der Waals surface area contributed by atoms with Gasteiger partial charge in [-0.1, -0.05) is 18.2 Å². The fourth-order valence-electron chi connectivity index (χ4n) is 3.86. The first-order valence-corrected chi connectivity index (χ1v) is 10.7. The van der Waals surface area contributed by atoms with Gasteiger partial charge in [0.05, 0.1) is 0 Å². The van der Waals surface area contributed by atoms with E-state index in [2.05, 4.69) is 10.6 Å². The monoisotopic (exact) mass is 491 g/mol. The van der Waals surface area contributed by atoms with Crippen LogP contribution in [-0.4, -0.2) is 42.9 Å². The predicted molar refractivity (Wildman–Crippen MR) is 119 cm³/mol. The summed E-state index contributed by atoms with van der Waals surface area (Å²) in [7, 11) is 1.53. The Kier molecular flexibility index (Phi) is 7.78. The minimum Gasteiger partial charge on any atom is -0.436 e. The average molecular weight is 491 g/mol. The fourth-order valence-corrected chi connectivity index (χ4v) is 3.86. The maximum Gasteiger partial charge on any atom is 0.408 e. The minimum absolute atomic E-state index is 0.0184. The van der Waals surface area contributed by atoms with Gasteiger partial charge in [0.15, 0.2) is 17.7 Å². The number of carbonyl (C=O) groups is 4. The number of hydrogen-bond donors (Lipinski definition) is 2. The fraction of sp³-hybridized carbons (Fsp3) is 0.333. The normalized spacial score (nSPS) is 18.2. The van der Waals surface area contributed by atoms with Crippen LogP contribution in [-0.2, 0) is 25.7 Å². The molecule has 0 bridgehead atoms. The molecule has 0 aromatic heterocycles. The van der Waals surface area contributed by atoms with Crippen molar-refractivity contribution < 1.29 is 37.1 Å². The van der Waals surface area contributed by atoms with E-state index in [1.54, 1.807) is 24.3 Å². The van der Waals surface area contributed by atoms with Crippen LogP contribution < -0.4 is 15.5 Å². The number of alkyl carbamates (subject to hydrolysis) is 1. The summed E-state index contributed by atoms with van der Waals surface area (Å²) >= 11 is 0. The summed E-state index contributed by atoms with van der Waals surface area (Å²) in [4.78, 5) is 51.3. The second kappa shape index (κ2) is 10.6. The van der Waals surface area contributed by atoms with Crippen molar-refractivity contribution in [2.45, 2.75) is 44.9 Å². The summed E-state index contributed by atoms with van der Waals surface area (Å²) in [5.74, 6) is -5.82. The molecule has 0 fully saturated rings. The molecule has 1 aliphatic heterocycles. The number of ether oxygens (including phenoxy) is 1. The van der Waals surface area contributed by atoms with Crippen LogP contribution >= 0.6 is 0 Å². The number of fused-ring (bicyclic) bond motifs is 1. The van der Waals surface area contributed by atoms with Gasteiger partial charge in [-0.25, -0.2) is 18.0 Å². The van der Waals surface area contributed by atoms with Crippen LogP contribution in [0.4, 0.5) is 23.7 Å². The Morgan fingerprint density at radius 3 is 2.54 bits per heavy atom. The Hall–Kier alpha value is -3.89. The Labute approximate surface area is 199 Å². The molecule has 0 saturated carbocycles. The summed E-state index contributed by atoms with van der Waals surface area (Å²) in [6.07, 6.45) is -2.50. The highest BCUT2D eigenvalue weighted by Crippen LogP contribution is 2.34. The Bertz CT molecular complexity index is 1170. The number of nitrogens with one attached hydrogen (secondary N) is 2. The van der Waals surface area contributed by atoms with Crippen LogP contribution in [0.1, 0.15) is 37.3 Å². The number of halogens is 3. The highest BCUT2D eigenvalue weighted by molar-refractivity contribution is 6.02. The van der Waals surface area contributed by atoms with Gasteiger partial charge in [-0.15, -0.1) is 0 Å². The zero-order chi connectivity index (χ0) is 25.9. The van der Waals surface area contributed by atoms with Crippen LogP contribution in [0, 0.1) is 17.5 Å². The molecule has 8 nitrogen and oxygen atoms in total. The van der Waals surface area contributed by atoms with Gasteiger partial charge < -0.3 is 20.3 Å². The van der Waals surface area contributed by atoms with Gasteiger partial charge in [0.2, 0.25) is 5.91 Å². The topological polar surface area (TPSA) is 105 Å². The number of Topliss-reactive ketones (excluding diaryl/α,β-unsaturated/α-hetero) is 1. The molecule has 35 heavy (non-hydrogen) atoms. The number of likely N-dealkylation sites (N-methyl/N-ethyl adjacent to an activating group) is 1. The molecule has 0 saturated heterocycles. The lowest BCUT2D eigenvalue weighted by molar-refractivity contribution is -0.133. The molecular formula is C24H24F3N3O5. The zero-order valence-electron chi connectivity index (χ0n) is 19.2. The van der Waals surface area contributed by atoms with E-state index in [9.17, 15) is 32.3 Å². The second-order valence-corrected chi connectivity index (χ2v) is 8.18. The number of carbonyl (C=O) groups excluding carboxylic acids is 4. The number of para-hydroxylation sites is 1. The first kappa shape index (κ1) is 25.7. The van der Waals surface area contributed by atoms with E-state index in [1.807, 2.05) is 0 Å². The third-order valence-corrected chi connectivity index (χ3v) is 5.73. The third-order valence-electron chi connectivity index (χ3n) is 5.73. The lowest BCUT2D eigenvalue weighted by Gasteiger charge is -2.23. The summed E-state index contributed by atoms with van der Waals surface area (Å²) in [5, 5.41) is 4.62. The van der Waals surface area contributed by atoms with Crippen molar-refractivity contribution in [3.05, 3.63) is 65.0 Å². The van der Waals surface area contributed by atoms with Gasteiger partial charge in [0.1, 0.15) is 17.6 Å². The van der Waals surface area contributed by atoms with E-state index in [1.165, 1.54) is 25.8 Å². The van der Waals surface area contributed by atoms with Crippen LogP contribution in [0.5, 0.6) is 0 Å². The largest absolute Gasteiger partial charge is 0.436 e. The van der Waals surface area contributed by atoms with Gasteiger partial charge in [0.25, 0.3) is 5.91 Å². The molecule has 186 valence electrons. The number of ketones is 1. The standard InChI is InChI=1S/C24H24F3N3O5/c1-12(31)17-10-19(23(33)30(3)20-7-5-4-6-16(17)20)29-22(32)13(2)35-24(34)28-11-14-8-15(25)9-18(26)21(14)27/h4-9,13,17,19H,10-11H2,1-3H3,(H,28,34)(H,29,32)/t13-,17?,19-/m0/s1. The van der Waals surface area contributed by atoms with Crippen molar-refractivity contribution in [1.29, 1.82) is 0 Å². The molecule has 2 aromatic rings. The van der Waals surface area contributed by atoms with E-state index in [0.717, 1.165) is 0 Å².